The van der Waals surface area contributed by atoms with E-state index in [-0.39, 0.29) is 34.0 Å². The van der Waals surface area contributed by atoms with Crippen LogP contribution in [-0.2, 0) is 56.9 Å². The van der Waals surface area contributed by atoms with Crippen LogP contribution in [0.4, 0.5) is 0 Å². The van der Waals surface area contributed by atoms with Crippen molar-refractivity contribution in [3.8, 4) is 0 Å². The molecule has 442 valence electrons. The monoisotopic (exact) mass is 1100 g/mol. The Morgan fingerprint density at radius 2 is 1.19 bits per heavy atom. The molecule has 5 saturated heterocycles. The van der Waals surface area contributed by atoms with Crippen molar-refractivity contribution in [1.29, 1.82) is 0 Å². The van der Waals surface area contributed by atoms with Crippen molar-refractivity contribution in [3.05, 3.63) is 0 Å². The van der Waals surface area contributed by atoms with Crippen LogP contribution < -0.4 is 0 Å². The van der Waals surface area contributed by atoms with E-state index in [0.29, 0.717) is 25.2 Å². The number of carbonyl (C=O) groups is 1. The first kappa shape index (κ1) is 59.0. The predicted molar refractivity (Wildman–Crippen MR) is 261 cm³/mol. The van der Waals surface area contributed by atoms with Gasteiger partial charge < -0.3 is 108 Å². The molecule has 23 heteroatoms. The summed E-state index contributed by atoms with van der Waals surface area (Å²) in [6.07, 6.45) is -23.3. The minimum atomic E-state index is -1.89. The first-order valence-electron chi connectivity index (χ1n) is 28.0. The topological polar surface area (TPSA) is 341 Å². The number of ketones is 1. The molecule has 2 bridgehead atoms. The highest BCUT2D eigenvalue weighted by molar-refractivity contribution is 5.88. The van der Waals surface area contributed by atoms with Crippen molar-refractivity contribution in [2.24, 2.45) is 50.2 Å². The second-order valence-corrected chi connectivity index (χ2v) is 26.3. The summed E-state index contributed by atoms with van der Waals surface area (Å²) in [5, 5.41) is 118. The smallest absolute Gasteiger partial charge is 0.187 e. The number of hydrogen-bond donors (Lipinski definition) is 11. The van der Waals surface area contributed by atoms with Crippen molar-refractivity contribution in [2.75, 3.05) is 47.3 Å². The molecule has 0 aromatic heterocycles. The van der Waals surface area contributed by atoms with Crippen LogP contribution in [0.25, 0.3) is 0 Å². The van der Waals surface area contributed by atoms with Crippen molar-refractivity contribution in [1.82, 2.24) is 0 Å². The summed E-state index contributed by atoms with van der Waals surface area (Å²) in [5.74, 6) is 0.694. The van der Waals surface area contributed by atoms with E-state index in [0.717, 1.165) is 51.4 Å². The van der Waals surface area contributed by atoms with E-state index < -0.39 is 171 Å². The maximum Gasteiger partial charge on any atom is 0.187 e. The summed E-state index contributed by atoms with van der Waals surface area (Å²) in [6, 6.07) is 0. The van der Waals surface area contributed by atoms with Crippen molar-refractivity contribution >= 4 is 5.78 Å². The predicted octanol–water partition coefficient (Wildman–Crippen LogP) is -1.27. The summed E-state index contributed by atoms with van der Waals surface area (Å²) in [4.78, 5) is 14.9. The summed E-state index contributed by atoms with van der Waals surface area (Å²) >= 11 is 0. The van der Waals surface area contributed by atoms with Crippen molar-refractivity contribution in [3.63, 3.8) is 0 Å². The van der Waals surface area contributed by atoms with Gasteiger partial charge in [0, 0.05) is 37.4 Å². The number of aliphatic hydroxyl groups is 11. The number of rotatable bonds is 13. The Labute approximate surface area is 449 Å². The number of aliphatic hydroxyl groups excluding tert-OH is 11. The van der Waals surface area contributed by atoms with E-state index in [9.17, 15) is 61.0 Å². The third-order valence-corrected chi connectivity index (χ3v) is 22.4. The van der Waals surface area contributed by atoms with Gasteiger partial charge in [0.05, 0.1) is 50.2 Å². The molecule has 5 aliphatic heterocycles. The van der Waals surface area contributed by atoms with Gasteiger partial charge in [0.2, 0.25) is 0 Å². The molecule has 5 saturated carbocycles. The summed E-state index contributed by atoms with van der Waals surface area (Å²) in [6.45, 7) is 11.8. The highest BCUT2D eigenvalue weighted by Gasteiger charge is 2.80. The zero-order valence-corrected chi connectivity index (χ0v) is 45.7. The number of ether oxygens (including phenoxy) is 11. The van der Waals surface area contributed by atoms with Crippen molar-refractivity contribution in [2.45, 2.75) is 234 Å². The minimum Gasteiger partial charge on any atom is -0.394 e. The van der Waals surface area contributed by atoms with Crippen LogP contribution in [-0.4, -0.2) is 238 Å². The fourth-order valence-corrected chi connectivity index (χ4v) is 17.9. The van der Waals surface area contributed by atoms with E-state index in [2.05, 4.69) is 41.5 Å². The molecular weight excluding hydrogens is 1020 g/mol. The van der Waals surface area contributed by atoms with Gasteiger partial charge in [-0.1, -0.05) is 41.5 Å². The maximum atomic E-state index is 14.9. The Kier molecular flexibility index (Phi) is 16.2. The van der Waals surface area contributed by atoms with E-state index in [4.69, 9.17) is 52.1 Å². The zero-order valence-electron chi connectivity index (χ0n) is 45.7. The molecule has 5 aliphatic carbocycles. The minimum absolute atomic E-state index is 0.0311. The van der Waals surface area contributed by atoms with Gasteiger partial charge in [0.1, 0.15) is 91.2 Å². The Morgan fingerprint density at radius 1 is 0.584 bits per heavy atom. The Hall–Kier alpha value is -1.21. The zero-order chi connectivity index (χ0) is 55.7. The maximum absolute atomic E-state index is 14.9. The molecule has 11 N–H and O–H groups in total. The van der Waals surface area contributed by atoms with Crippen LogP contribution in [0.5, 0.6) is 0 Å². The lowest BCUT2D eigenvalue weighted by Crippen LogP contribution is -2.73. The lowest BCUT2D eigenvalue weighted by atomic mass is 9.30. The average Bonchev–Trinajstić information content (AvgIpc) is 3.98. The van der Waals surface area contributed by atoms with E-state index in [1.54, 1.807) is 14.2 Å². The molecule has 0 aromatic rings. The molecular formula is C54H88O23. The number of methoxy groups -OCH3 is 2. The Morgan fingerprint density at radius 3 is 1.87 bits per heavy atom. The van der Waals surface area contributed by atoms with E-state index in [1.165, 1.54) is 0 Å². The van der Waals surface area contributed by atoms with Gasteiger partial charge in [-0.15, -0.1) is 0 Å². The summed E-state index contributed by atoms with van der Waals surface area (Å²) in [7, 11) is 3.37. The highest BCUT2D eigenvalue weighted by Crippen LogP contribution is 2.80. The van der Waals surface area contributed by atoms with Crippen LogP contribution >= 0.6 is 0 Å². The number of hydrogen-bond acceptors (Lipinski definition) is 23. The normalized spacial score (nSPS) is 55.5. The first-order chi connectivity index (χ1) is 36.3. The molecule has 0 aromatic carbocycles. The lowest BCUT2D eigenvalue weighted by molar-refractivity contribution is -0.392. The van der Waals surface area contributed by atoms with E-state index in [1.807, 2.05) is 0 Å². The van der Waals surface area contributed by atoms with E-state index >= 15 is 0 Å². The molecule has 28 atom stereocenters. The average molecular weight is 1110 g/mol. The fraction of sp³-hybridized carbons (Fsp3) is 0.981. The van der Waals surface area contributed by atoms with Crippen LogP contribution in [0, 0.1) is 50.2 Å². The van der Waals surface area contributed by atoms with Gasteiger partial charge in [-0.2, -0.15) is 0 Å². The molecule has 77 heavy (non-hydrogen) atoms. The molecule has 10 aliphatic rings. The first-order valence-corrected chi connectivity index (χ1v) is 28.0. The number of fused-ring (bicyclic) bond motifs is 4. The highest BCUT2D eigenvalue weighted by atomic mass is 16.8. The Bertz CT molecular complexity index is 2100. The molecule has 0 radical (unpaired) electrons. The molecule has 1 spiro atoms. The molecule has 5 heterocycles. The Balaban J connectivity index is 0.901. The van der Waals surface area contributed by atoms with Gasteiger partial charge in [-0.3, -0.25) is 4.79 Å². The van der Waals surface area contributed by atoms with Gasteiger partial charge in [-0.25, -0.2) is 0 Å². The second kappa shape index (κ2) is 21.1. The number of Topliss-reactive ketones (excluding diaryl/α,β-unsaturated/α-hetero) is 1. The largest absolute Gasteiger partial charge is 0.394 e. The van der Waals surface area contributed by atoms with Gasteiger partial charge in [0.25, 0.3) is 0 Å². The molecule has 10 fully saturated rings. The van der Waals surface area contributed by atoms with Crippen LogP contribution in [0.2, 0.25) is 0 Å². The van der Waals surface area contributed by atoms with Crippen molar-refractivity contribution < 1.29 is 113 Å². The van der Waals surface area contributed by atoms with Crippen LogP contribution in [0.15, 0.2) is 0 Å². The summed E-state index contributed by atoms with van der Waals surface area (Å²) < 4.78 is 67.9. The van der Waals surface area contributed by atoms with Crippen LogP contribution in [0.1, 0.15) is 106 Å². The van der Waals surface area contributed by atoms with Gasteiger partial charge in [-0.05, 0) is 85.9 Å². The van der Waals surface area contributed by atoms with Crippen LogP contribution in [0.3, 0.4) is 0 Å². The van der Waals surface area contributed by atoms with Gasteiger partial charge >= 0.3 is 0 Å². The lowest BCUT2D eigenvalue weighted by Gasteiger charge is -2.74. The molecule has 23 nitrogen and oxygen atoms in total. The fourth-order valence-electron chi connectivity index (χ4n) is 17.9. The quantitative estimate of drug-likeness (QED) is 0.0757. The second-order valence-electron chi connectivity index (χ2n) is 26.3. The molecule has 0 unspecified atom stereocenters. The molecule has 10 rings (SSSR count). The SMILES string of the molecule is COC(OC)[C@@]1(C)CC[C@]23CO[C@@]4(CC[C@@H]5[C@@]6(C)CC[C@H](O[C@@H]7OC[C@H](O[C@@H]8O[C@H](CO)[C@@H](O)[C@H](O)[C@H]8O[C@@H]8OC[C@@H](O)[C@H](O)[C@H]8O)[C@H](O)[C@H]7O[C@@H]7O[C@H](CO)[C@@H](O)[C@H](O)[C@H]7O)C(C)(C)[C@@H]6CC[C@@]5(C)[C@]4(C)CC2=O)[C@@H]3C1. The number of carbonyl (C=O) groups excluding carboxylic acids is 1. The van der Waals surface area contributed by atoms with Gasteiger partial charge in [0.15, 0.2) is 31.5 Å². The summed E-state index contributed by atoms with van der Waals surface area (Å²) in [5.41, 5.74) is -2.75. The standard InChI is InChI=1S/C54H88O23/c1-48(2)28-9-13-51(5)29(10-14-54-30-17-49(3,47(67-7)68-8)15-16-53(30,23-71-54)31(58)18-52(51,54)6)50(28,4)12-11-32(48)75-45-41(77-44-40(66)37(63)34(60)25(19-55)72-44)36(62)27(22-70-45)74-46-42(38(64)35(61)26(20-56)73-46)76-43-39(65)33(59)24(57)21-69-43/h24-30,32-47,55-57,59-66H,9-23H2,1-8H3/t24-,25-,26-,27+,28+,29-,30-,32+,33+,34-,35-,36+,37+,38+,39-,40-,41-,42-,43+,44+,45+,46+,49+,50+,51-,52+,53-,54+/m1/s1. The third-order valence-electron chi connectivity index (χ3n) is 22.4. The third kappa shape index (κ3) is 8.92. The molecule has 0 amide bonds.